The Bertz CT molecular complexity index is 1160. The highest BCUT2D eigenvalue weighted by atomic mass is 16.5. The van der Waals surface area contributed by atoms with Crippen LogP contribution in [-0.2, 0) is 9.53 Å². The Balaban J connectivity index is 1.43. The topological polar surface area (TPSA) is 94.5 Å². The Hall–Kier alpha value is -3.99. The molecule has 7 nitrogen and oxygen atoms in total. The Morgan fingerprint density at radius 2 is 1.61 bits per heavy atom. The largest absolute Gasteiger partial charge is 0.379 e. The molecule has 7 heteroatoms. The van der Waals surface area contributed by atoms with Gasteiger partial charge in [-0.25, -0.2) is 0 Å². The summed E-state index contributed by atoms with van der Waals surface area (Å²) in [5.74, 6) is -0.557. The van der Waals surface area contributed by atoms with Crippen LogP contribution in [0.1, 0.15) is 15.9 Å². The molecule has 2 N–H and O–H groups in total. The maximum atomic E-state index is 12.8. The van der Waals surface area contributed by atoms with Gasteiger partial charge in [0.25, 0.3) is 5.91 Å². The van der Waals surface area contributed by atoms with Crippen molar-refractivity contribution in [3.8, 4) is 17.2 Å². The van der Waals surface area contributed by atoms with E-state index >= 15 is 0 Å². The average molecular weight is 441 g/mol. The summed E-state index contributed by atoms with van der Waals surface area (Å²) < 4.78 is 5.30. The first-order chi connectivity index (χ1) is 16.1. The number of amides is 2. The van der Waals surface area contributed by atoms with Crippen molar-refractivity contribution >= 4 is 23.2 Å². The van der Waals surface area contributed by atoms with Crippen molar-refractivity contribution < 1.29 is 14.3 Å². The van der Waals surface area contributed by atoms with Gasteiger partial charge in [-0.3, -0.25) is 14.5 Å². The van der Waals surface area contributed by atoms with E-state index in [1.807, 2.05) is 59.5 Å². The summed E-state index contributed by atoms with van der Waals surface area (Å²) >= 11 is 0. The Labute approximate surface area is 192 Å². The third kappa shape index (κ3) is 5.83. The zero-order chi connectivity index (χ0) is 23.0. The van der Waals surface area contributed by atoms with Gasteiger partial charge in [-0.05, 0) is 41.5 Å². The molecule has 1 heterocycles. The molecule has 0 atom stereocenters. The van der Waals surface area contributed by atoms with Crippen LogP contribution in [0.2, 0.25) is 0 Å². The number of anilines is 2. The summed E-state index contributed by atoms with van der Waals surface area (Å²) in [5.41, 5.74) is 3.78. The number of rotatable bonds is 6. The second-order valence-corrected chi connectivity index (χ2v) is 7.71. The van der Waals surface area contributed by atoms with Gasteiger partial charge in [0, 0.05) is 24.3 Å². The van der Waals surface area contributed by atoms with Crippen molar-refractivity contribution in [3.05, 3.63) is 83.9 Å². The molecule has 33 heavy (non-hydrogen) atoms. The number of nitrogens with one attached hydrogen (secondary N) is 2. The predicted octanol–water partition coefficient (Wildman–Crippen LogP) is 3.75. The normalized spacial score (nSPS) is 13.7. The fourth-order valence-electron chi connectivity index (χ4n) is 3.62. The van der Waals surface area contributed by atoms with E-state index in [0.29, 0.717) is 48.8 Å². The Kier molecular flexibility index (Phi) is 7.10. The maximum Gasteiger partial charge on any atom is 0.255 e. The summed E-state index contributed by atoms with van der Waals surface area (Å²) in [6.07, 6.45) is 0. The molecule has 0 aromatic heterocycles. The zero-order valence-corrected chi connectivity index (χ0v) is 18.1. The van der Waals surface area contributed by atoms with Crippen LogP contribution >= 0.6 is 0 Å². The molecule has 0 saturated carbocycles. The van der Waals surface area contributed by atoms with E-state index in [1.165, 1.54) is 12.1 Å². The fraction of sp³-hybridized carbons (Fsp3) is 0.192. The lowest BCUT2D eigenvalue weighted by atomic mass is 10.1. The van der Waals surface area contributed by atoms with Gasteiger partial charge in [0.2, 0.25) is 5.91 Å². The van der Waals surface area contributed by atoms with Gasteiger partial charge in [-0.1, -0.05) is 42.5 Å². The van der Waals surface area contributed by atoms with Gasteiger partial charge in [0.05, 0.1) is 31.0 Å². The molecular weight excluding hydrogens is 416 g/mol. The van der Waals surface area contributed by atoms with Crippen molar-refractivity contribution in [1.82, 2.24) is 4.90 Å². The van der Waals surface area contributed by atoms with Crippen LogP contribution in [-0.4, -0.2) is 49.6 Å². The molecule has 0 bridgehead atoms. The number of carbonyl (C=O) groups is 2. The SMILES string of the molecule is N#Cc1ccc(C(=O)Nc2ccc(-c3ccccc3)cc2)cc1NC(=O)CN1CCOCC1. The van der Waals surface area contributed by atoms with Crippen LogP contribution in [0.3, 0.4) is 0 Å². The van der Waals surface area contributed by atoms with E-state index in [2.05, 4.69) is 16.7 Å². The quantitative estimate of drug-likeness (QED) is 0.609. The molecule has 1 aliphatic heterocycles. The zero-order valence-electron chi connectivity index (χ0n) is 18.1. The molecular formula is C26H24N4O3. The van der Waals surface area contributed by atoms with E-state index in [0.717, 1.165) is 11.1 Å². The minimum Gasteiger partial charge on any atom is -0.379 e. The van der Waals surface area contributed by atoms with E-state index in [-0.39, 0.29) is 18.4 Å². The van der Waals surface area contributed by atoms with Crippen LogP contribution in [0.15, 0.2) is 72.8 Å². The summed E-state index contributed by atoms with van der Waals surface area (Å²) in [6, 6.07) is 24.3. The van der Waals surface area contributed by atoms with Crippen molar-refractivity contribution in [3.63, 3.8) is 0 Å². The van der Waals surface area contributed by atoms with Crippen LogP contribution in [0.4, 0.5) is 11.4 Å². The molecule has 1 fully saturated rings. The molecule has 0 spiro atoms. The number of ether oxygens (including phenoxy) is 1. The molecule has 1 saturated heterocycles. The van der Waals surface area contributed by atoms with Crippen molar-refractivity contribution in [1.29, 1.82) is 5.26 Å². The lowest BCUT2D eigenvalue weighted by molar-refractivity contribution is -0.118. The van der Waals surface area contributed by atoms with Gasteiger partial charge >= 0.3 is 0 Å². The smallest absolute Gasteiger partial charge is 0.255 e. The van der Waals surface area contributed by atoms with Crippen molar-refractivity contribution in [2.45, 2.75) is 0 Å². The number of hydrogen-bond donors (Lipinski definition) is 2. The van der Waals surface area contributed by atoms with Gasteiger partial charge < -0.3 is 15.4 Å². The minimum absolute atomic E-state index is 0.207. The standard InChI is InChI=1S/C26H24N4O3/c27-17-22-7-6-21(16-24(22)29-25(31)18-30-12-14-33-15-13-30)26(32)28-23-10-8-20(9-11-23)19-4-2-1-3-5-19/h1-11,16H,12-15,18H2,(H,28,32)(H,29,31). The van der Waals surface area contributed by atoms with Gasteiger partial charge in [0.1, 0.15) is 6.07 Å². The van der Waals surface area contributed by atoms with E-state index in [9.17, 15) is 14.9 Å². The first-order valence-electron chi connectivity index (χ1n) is 10.7. The molecule has 4 rings (SSSR count). The fourth-order valence-corrected chi connectivity index (χ4v) is 3.62. The second-order valence-electron chi connectivity index (χ2n) is 7.71. The Morgan fingerprint density at radius 3 is 2.30 bits per heavy atom. The molecule has 3 aromatic rings. The van der Waals surface area contributed by atoms with Crippen LogP contribution in [0.5, 0.6) is 0 Å². The van der Waals surface area contributed by atoms with Gasteiger partial charge in [-0.15, -0.1) is 0 Å². The summed E-state index contributed by atoms with van der Waals surface area (Å²) in [7, 11) is 0. The lowest BCUT2D eigenvalue weighted by Crippen LogP contribution is -2.41. The van der Waals surface area contributed by atoms with Crippen LogP contribution < -0.4 is 10.6 Å². The molecule has 0 unspecified atom stereocenters. The first-order valence-corrected chi connectivity index (χ1v) is 10.7. The lowest BCUT2D eigenvalue weighted by Gasteiger charge is -2.25. The monoisotopic (exact) mass is 440 g/mol. The van der Waals surface area contributed by atoms with Crippen LogP contribution in [0.25, 0.3) is 11.1 Å². The third-order valence-corrected chi connectivity index (χ3v) is 5.40. The summed E-state index contributed by atoms with van der Waals surface area (Å²) in [6.45, 7) is 2.77. The van der Waals surface area contributed by atoms with Gasteiger partial charge in [-0.2, -0.15) is 5.26 Å². The number of morpholine rings is 1. The molecule has 2 amide bonds. The predicted molar refractivity (Wildman–Crippen MR) is 127 cm³/mol. The molecule has 3 aromatic carbocycles. The van der Waals surface area contributed by atoms with E-state index in [1.54, 1.807) is 6.07 Å². The van der Waals surface area contributed by atoms with E-state index in [4.69, 9.17) is 4.74 Å². The highest BCUT2D eigenvalue weighted by Crippen LogP contribution is 2.22. The minimum atomic E-state index is -0.323. The second kappa shape index (κ2) is 10.6. The number of nitrogens with zero attached hydrogens (tertiary/aromatic N) is 2. The van der Waals surface area contributed by atoms with Crippen molar-refractivity contribution in [2.75, 3.05) is 43.5 Å². The molecule has 0 aliphatic carbocycles. The number of benzene rings is 3. The van der Waals surface area contributed by atoms with Gasteiger partial charge in [0.15, 0.2) is 0 Å². The van der Waals surface area contributed by atoms with Crippen molar-refractivity contribution in [2.24, 2.45) is 0 Å². The Morgan fingerprint density at radius 1 is 0.909 bits per heavy atom. The average Bonchev–Trinajstić information content (AvgIpc) is 2.85. The molecule has 1 aliphatic rings. The number of hydrogen-bond acceptors (Lipinski definition) is 5. The highest BCUT2D eigenvalue weighted by Gasteiger charge is 2.16. The van der Waals surface area contributed by atoms with Crippen LogP contribution in [0, 0.1) is 11.3 Å². The summed E-state index contributed by atoms with van der Waals surface area (Å²) in [4.78, 5) is 27.2. The highest BCUT2D eigenvalue weighted by molar-refractivity contribution is 6.06. The molecule has 166 valence electrons. The number of carbonyl (C=O) groups excluding carboxylic acids is 2. The number of nitriles is 1. The first kappa shape index (κ1) is 22.2. The third-order valence-electron chi connectivity index (χ3n) is 5.40. The summed E-state index contributed by atoms with van der Waals surface area (Å²) in [5, 5.41) is 15.0. The molecule has 0 radical (unpaired) electrons. The van der Waals surface area contributed by atoms with E-state index < -0.39 is 0 Å². The maximum absolute atomic E-state index is 12.8.